The van der Waals surface area contributed by atoms with Crippen LogP contribution in [0.5, 0.6) is 86.2 Å². The normalized spacial score (nSPS) is 14.6. The fourth-order valence-corrected chi connectivity index (χ4v) is 16.6. The first-order valence-corrected chi connectivity index (χ1v) is 42.5. The van der Waals surface area contributed by atoms with Gasteiger partial charge in [-0.1, -0.05) is 322 Å². The molecule has 133 heavy (non-hydrogen) atoms. The molecule has 0 amide bonds. The zero-order valence-corrected chi connectivity index (χ0v) is 71.0. The van der Waals surface area contributed by atoms with Crippen molar-refractivity contribution >= 4 is 35.8 Å². The molecule has 0 fully saturated rings. The highest BCUT2D eigenvalue weighted by molar-refractivity contribution is 6.00. The van der Waals surface area contributed by atoms with Gasteiger partial charge in [0.05, 0.1) is 33.4 Å². The number of carbonyl (C=O) groups is 6. The highest BCUT2D eigenvalue weighted by Gasteiger charge is 2.54. The summed E-state index contributed by atoms with van der Waals surface area (Å²) in [5, 5.41) is 0. The third-order valence-corrected chi connectivity index (χ3v) is 22.7. The van der Waals surface area contributed by atoms with Gasteiger partial charge in [-0.15, -0.1) is 0 Å². The highest BCUT2D eigenvalue weighted by Crippen LogP contribution is 2.60. The van der Waals surface area contributed by atoms with Crippen LogP contribution in [0.1, 0.15) is 139 Å². The third kappa shape index (κ3) is 15.1. The lowest BCUT2D eigenvalue weighted by Crippen LogP contribution is -2.36. The van der Waals surface area contributed by atoms with Gasteiger partial charge in [-0.2, -0.15) is 0 Å². The summed E-state index contributed by atoms with van der Waals surface area (Å²) in [6.45, 7) is 5.15. The standard InChI is InChI=1S/C111H74O22/c1-106(2,3)133-105(117)74-63-89(99-94(68-74)127-111(132-99,83-55-33-13-34-56-83)84-57-35-14-36-58-84)122-104(116)73-62-88(98-93(67-73)126-110(131-98,81-51-29-11-30-52-81)82-53-31-12-32-54-82)121-103(115)72-61-87(97-92(66-72)125-109(130-97,79-47-25-9-26-48-79)80-49-27-10-28-50-80)120-102(114)71-60-86(96-91(65-71)124-108(129-96,77-43-21-7-22-44-77)78-45-23-8-24-46-78)119-101(113)70-59-85(118-100(112)69-37-15-4-16-38-69)95-90(64-70)123-107(128-95,75-39-17-5-18-40-75)76-41-19-6-20-42-76/h4-68H,1-3H3. The van der Waals surface area contributed by atoms with Crippen molar-refractivity contribution in [1.29, 1.82) is 0 Å². The topological polar surface area (TPSA) is 250 Å². The summed E-state index contributed by atoms with van der Waals surface area (Å²) in [5.74, 6) is -17.4. The van der Waals surface area contributed by atoms with Crippen LogP contribution in [0.25, 0.3) is 0 Å². The van der Waals surface area contributed by atoms with Gasteiger partial charge < -0.3 is 75.8 Å². The smallest absolute Gasteiger partial charge is 0.343 e. The van der Waals surface area contributed by atoms with Crippen molar-refractivity contribution < 1.29 is 105 Å². The molecular weight excluding hydrogens is 1690 g/mol. The molecule has 16 aromatic rings. The average Bonchev–Trinajstić information content (AvgIpc) is 1.60. The first-order valence-electron chi connectivity index (χ1n) is 42.5. The second kappa shape index (κ2) is 33.2. The predicted molar refractivity (Wildman–Crippen MR) is 483 cm³/mol. The predicted octanol–water partition coefficient (Wildman–Crippen LogP) is 22.1. The van der Waals surface area contributed by atoms with Crippen molar-refractivity contribution in [3.05, 3.63) is 483 Å². The van der Waals surface area contributed by atoms with E-state index in [4.69, 9.17) is 75.8 Å². The molecule has 0 saturated heterocycles. The summed E-state index contributed by atoms with van der Waals surface area (Å²) in [5.41, 5.74) is 3.15. The molecule has 0 spiro atoms. The van der Waals surface area contributed by atoms with Gasteiger partial charge in [0, 0.05) is 55.6 Å². The lowest BCUT2D eigenvalue weighted by molar-refractivity contribution is -0.0470. The number of hydrogen-bond acceptors (Lipinski definition) is 22. The van der Waals surface area contributed by atoms with E-state index in [0.29, 0.717) is 55.6 Å². The number of fused-ring (bicyclic) bond motifs is 5. The van der Waals surface area contributed by atoms with Crippen LogP contribution < -0.4 is 71.1 Å². The maximum atomic E-state index is 16.1. The molecule has 5 aliphatic heterocycles. The molecule has 0 bridgehead atoms. The Morgan fingerprint density at radius 2 is 0.338 bits per heavy atom. The Hall–Kier alpha value is -17.7. The van der Waals surface area contributed by atoms with Crippen molar-refractivity contribution in [3.63, 3.8) is 0 Å². The van der Waals surface area contributed by atoms with Gasteiger partial charge in [-0.25, -0.2) is 28.8 Å². The van der Waals surface area contributed by atoms with Gasteiger partial charge in [-0.3, -0.25) is 0 Å². The van der Waals surface area contributed by atoms with Gasteiger partial charge >= 0.3 is 64.8 Å². The van der Waals surface area contributed by atoms with Crippen molar-refractivity contribution in [2.45, 2.75) is 55.3 Å². The lowest BCUT2D eigenvalue weighted by atomic mass is 9.97. The molecule has 0 N–H and O–H groups in total. The maximum Gasteiger partial charge on any atom is 0.343 e. The number of hydrogen-bond donors (Lipinski definition) is 0. The second-order valence-corrected chi connectivity index (χ2v) is 32.6. The molecule has 0 aromatic heterocycles. The van der Waals surface area contributed by atoms with E-state index in [-0.39, 0.29) is 114 Å². The molecule has 16 aromatic carbocycles. The summed E-state index contributed by atoms with van der Waals surface area (Å²) < 4.78 is 108. The summed E-state index contributed by atoms with van der Waals surface area (Å²) >= 11 is 0. The van der Waals surface area contributed by atoms with Gasteiger partial charge in [0.25, 0.3) is 0 Å². The molecule has 0 saturated carbocycles. The number of rotatable bonds is 21. The Morgan fingerprint density at radius 1 is 0.188 bits per heavy atom. The van der Waals surface area contributed by atoms with E-state index in [1.807, 2.05) is 158 Å². The minimum atomic E-state index is -1.85. The molecule has 21 rings (SSSR count). The van der Waals surface area contributed by atoms with Crippen LogP contribution >= 0.6 is 0 Å². The van der Waals surface area contributed by atoms with Crippen LogP contribution in [0.15, 0.2) is 394 Å². The Kier molecular flexibility index (Phi) is 20.5. The zero-order valence-electron chi connectivity index (χ0n) is 71.0. The maximum absolute atomic E-state index is 16.1. The van der Waals surface area contributed by atoms with E-state index in [1.165, 1.54) is 60.7 Å². The van der Waals surface area contributed by atoms with Crippen molar-refractivity contribution in [1.82, 2.24) is 0 Å². The van der Waals surface area contributed by atoms with Crippen LogP contribution in [0, 0.1) is 0 Å². The quantitative estimate of drug-likeness (QED) is 0.0479. The van der Waals surface area contributed by atoms with Crippen LogP contribution in [-0.4, -0.2) is 41.4 Å². The van der Waals surface area contributed by atoms with Crippen molar-refractivity contribution in [3.8, 4) is 86.2 Å². The van der Waals surface area contributed by atoms with Crippen LogP contribution in [0.2, 0.25) is 0 Å². The highest BCUT2D eigenvalue weighted by atomic mass is 16.8. The molecule has 22 nitrogen and oxygen atoms in total. The van der Waals surface area contributed by atoms with Gasteiger partial charge in [0.2, 0.25) is 28.7 Å². The molecular formula is C111H74O22. The van der Waals surface area contributed by atoms with Crippen LogP contribution in [0.4, 0.5) is 0 Å². The molecule has 0 aliphatic carbocycles. The van der Waals surface area contributed by atoms with E-state index in [0.717, 1.165) is 0 Å². The van der Waals surface area contributed by atoms with E-state index < -0.39 is 76.1 Å². The summed E-state index contributed by atoms with van der Waals surface area (Å²) in [7, 11) is 0. The fourth-order valence-electron chi connectivity index (χ4n) is 16.6. The Bertz CT molecular complexity index is 7010. The monoisotopic (exact) mass is 1760 g/mol. The zero-order chi connectivity index (χ0) is 90.6. The summed E-state index contributed by atoms with van der Waals surface area (Å²) in [4.78, 5) is 92.2. The number of esters is 6. The molecule has 5 aliphatic rings. The van der Waals surface area contributed by atoms with E-state index in [9.17, 15) is 9.59 Å². The van der Waals surface area contributed by atoms with Crippen molar-refractivity contribution in [2.24, 2.45) is 0 Å². The number of carbonyl (C=O) groups excluding carboxylic acids is 6. The van der Waals surface area contributed by atoms with Crippen LogP contribution in [0.3, 0.4) is 0 Å². The molecule has 0 radical (unpaired) electrons. The molecule has 0 unspecified atom stereocenters. The Balaban J connectivity index is 0.683. The molecule has 650 valence electrons. The summed E-state index contributed by atoms with van der Waals surface area (Å²) in [6.07, 6.45) is 0. The Labute approximate surface area is 761 Å². The second-order valence-electron chi connectivity index (χ2n) is 32.6. The van der Waals surface area contributed by atoms with Gasteiger partial charge in [0.1, 0.15) is 5.60 Å². The largest absolute Gasteiger partial charge is 0.456 e. The van der Waals surface area contributed by atoms with Crippen LogP contribution in [-0.2, 0) is 33.7 Å². The first-order chi connectivity index (χ1) is 64.8. The third-order valence-electron chi connectivity index (χ3n) is 22.7. The molecule has 5 heterocycles. The summed E-state index contributed by atoms with van der Waals surface area (Å²) in [6, 6.07) is 112. The van der Waals surface area contributed by atoms with E-state index in [2.05, 4.69) is 0 Å². The SMILES string of the molecule is CC(C)(C)OC(=O)c1cc(OC(=O)c2cc(OC(=O)c3cc(OC(=O)c4cc(OC(=O)c5cc(OC(=O)c6ccccc6)c6c(c5)OC(c5ccccc5)(c5ccccc5)O6)c5c(c4)OC(c4ccccc4)(c4ccccc4)O5)c4c(c3)OC(c3ccccc3)(c3ccccc3)O4)c3c(c2)OC(c2ccccc2)(c2ccccc2)O3)c2c(c1)OC(c1ccccc1)(c1ccccc1)O2. The first kappa shape index (κ1) is 82.3. The van der Waals surface area contributed by atoms with E-state index in [1.54, 1.807) is 197 Å². The minimum absolute atomic E-state index is 0.0142. The van der Waals surface area contributed by atoms with Crippen molar-refractivity contribution in [2.75, 3.05) is 0 Å². The average molecular weight is 1760 g/mol. The number of ether oxygens (including phenoxy) is 16. The van der Waals surface area contributed by atoms with Gasteiger partial charge in [-0.05, 0) is 93.6 Å². The lowest BCUT2D eigenvalue weighted by Gasteiger charge is -2.28. The number of benzene rings is 16. The molecule has 22 heteroatoms. The Morgan fingerprint density at radius 3 is 0.504 bits per heavy atom. The fraction of sp³-hybridized carbons (Fsp3) is 0.0811. The minimum Gasteiger partial charge on any atom is -0.456 e. The van der Waals surface area contributed by atoms with Gasteiger partial charge in [0.15, 0.2) is 57.5 Å². The van der Waals surface area contributed by atoms with E-state index >= 15 is 19.2 Å². The molecule has 0 atom stereocenters.